The summed E-state index contributed by atoms with van der Waals surface area (Å²) in [7, 11) is 0. The largest absolute Gasteiger partial charge is 0.417 e. The van der Waals surface area contributed by atoms with Crippen molar-refractivity contribution in [1.29, 1.82) is 0 Å². The third kappa shape index (κ3) is 6.43. The van der Waals surface area contributed by atoms with Gasteiger partial charge in [-0.05, 0) is 19.4 Å². The first-order chi connectivity index (χ1) is 13.2. The van der Waals surface area contributed by atoms with Gasteiger partial charge in [-0.15, -0.1) is 0 Å². The number of nitrogens with zero attached hydrogens (tertiary/aromatic N) is 3. The summed E-state index contributed by atoms with van der Waals surface area (Å²) in [6.07, 6.45) is 1.94. The van der Waals surface area contributed by atoms with Crippen LogP contribution < -0.4 is 10.2 Å². The quantitative estimate of drug-likeness (QED) is 0.635. The van der Waals surface area contributed by atoms with Gasteiger partial charge in [-0.3, -0.25) is 0 Å². The zero-order valence-corrected chi connectivity index (χ0v) is 17.1. The maximum atomic E-state index is 12.7. The average molecular weight is 421 g/mol. The van der Waals surface area contributed by atoms with Gasteiger partial charge in [0.25, 0.3) is 0 Å². The summed E-state index contributed by atoms with van der Waals surface area (Å²) in [5.41, 5.74) is -0.868. The Morgan fingerprint density at radius 3 is 2.50 bits per heavy atom. The number of rotatable bonds is 7. The Balaban J connectivity index is 1.83. The van der Waals surface area contributed by atoms with E-state index in [0.717, 1.165) is 25.1 Å². The fraction of sp³-hybridized carbons (Fsp3) is 0.684. The minimum Gasteiger partial charge on any atom is -0.352 e. The van der Waals surface area contributed by atoms with Gasteiger partial charge < -0.3 is 15.1 Å². The average Bonchev–Trinajstić information content (AvgIpc) is 2.64. The fourth-order valence-corrected chi connectivity index (χ4v) is 3.48. The number of halogens is 4. The summed E-state index contributed by atoms with van der Waals surface area (Å²) in [6, 6.07) is 0.908. The zero-order chi connectivity index (χ0) is 20.7. The van der Waals surface area contributed by atoms with E-state index in [9.17, 15) is 18.0 Å². The van der Waals surface area contributed by atoms with Crippen LogP contribution in [0.1, 0.15) is 51.5 Å². The lowest BCUT2D eigenvalue weighted by molar-refractivity contribution is -0.137. The molecule has 0 saturated carbocycles. The van der Waals surface area contributed by atoms with Crippen LogP contribution in [0.5, 0.6) is 0 Å². The van der Waals surface area contributed by atoms with Gasteiger partial charge in [0, 0.05) is 38.4 Å². The number of amides is 2. The van der Waals surface area contributed by atoms with Crippen LogP contribution in [-0.4, -0.2) is 48.1 Å². The molecule has 1 atom stereocenters. The number of unbranched alkanes of at least 4 members (excludes halogenated alkanes) is 3. The summed E-state index contributed by atoms with van der Waals surface area (Å²) < 4.78 is 38.2. The number of nitrogens with one attached hydrogen (secondary N) is 1. The molecule has 5 nitrogen and oxygen atoms in total. The molecule has 0 radical (unpaired) electrons. The third-order valence-corrected chi connectivity index (χ3v) is 5.15. The SMILES string of the molecule is CCCCCC[C@H](C)NC(=O)N1CCN(c2ncc(C(F)(F)F)cc2Cl)CC1. The van der Waals surface area contributed by atoms with Crippen molar-refractivity contribution in [3.8, 4) is 0 Å². The number of carbonyl (C=O) groups excluding carboxylic acids is 1. The van der Waals surface area contributed by atoms with Crippen molar-refractivity contribution >= 4 is 23.4 Å². The maximum Gasteiger partial charge on any atom is 0.417 e. The van der Waals surface area contributed by atoms with E-state index in [-0.39, 0.29) is 17.1 Å². The van der Waals surface area contributed by atoms with E-state index in [0.29, 0.717) is 32.0 Å². The molecular formula is C19H28ClF3N4O. The molecule has 9 heteroatoms. The van der Waals surface area contributed by atoms with Gasteiger partial charge in [0.1, 0.15) is 5.82 Å². The summed E-state index contributed by atoms with van der Waals surface area (Å²) >= 11 is 6.01. The van der Waals surface area contributed by atoms with E-state index in [1.165, 1.54) is 19.3 Å². The topological polar surface area (TPSA) is 48.5 Å². The van der Waals surface area contributed by atoms with Gasteiger partial charge in [-0.2, -0.15) is 13.2 Å². The van der Waals surface area contributed by atoms with Crippen LogP contribution in [0.2, 0.25) is 5.02 Å². The smallest absolute Gasteiger partial charge is 0.352 e. The number of hydrogen-bond donors (Lipinski definition) is 1. The summed E-state index contributed by atoms with van der Waals surface area (Å²) in [5.74, 6) is 0.319. The molecule has 0 aromatic carbocycles. The molecule has 2 heterocycles. The van der Waals surface area contributed by atoms with Gasteiger partial charge in [0.2, 0.25) is 0 Å². The van der Waals surface area contributed by atoms with Crippen molar-refractivity contribution in [3.05, 3.63) is 22.8 Å². The molecule has 1 N–H and O–H groups in total. The van der Waals surface area contributed by atoms with E-state index in [1.54, 1.807) is 9.80 Å². The highest BCUT2D eigenvalue weighted by atomic mass is 35.5. The molecule has 0 bridgehead atoms. The lowest BCUT2D eigenvalue weighted by Gasteiger charge is -2.36. The summed E-state index contributed by atoms with van der Waals surface area (Å²) in [4.78, 5) is 19.8. The van der Waals surface area contributed by atoms with Crippen molar-refractivity contribution < 1.29 is 18.0 Å². The molecular weight excluding hydrogens is 393 g/mol. The third-order valence-electron chi connectivity index (χ3n) is 4.88. The van der Waals surface area contributed by atoms with Crippen LogP contribution in [0, 0.1) is 0 Å². The molecule has 1 aliphatic heterocycles. The van der Waals surface area contributed by atoms with Crippen LogP contribution in [0.25, 0.3) is 0 Å². The van der Waals surface area contributed by atoms with E-state index in [1.807, 2.05) is 6.92 Å². The number of anilines is 1. The number of pyridine rings is 1. The van der Waals surface area contributed by atoms with Crippen molar-refractivity contribution in [2.24, 2.45) is 0 Å². The molecule has 1 aromatic rings. The Kier molecular flexibility index (Phi) is 8.22. The van der Waals surface area contributed by atoms with Crippen LogP contribution in [-0.2, 0) is 6.18 Å². The Hall–Kier alpha value is -1.70. The number of alkyl halides is 3. The number of hydrogen-bond acceptors (Lipinski definition) is 3. The highest BCUT2D eigenvalue weighted by molar-refractivity contribution is 6.33. The Bertz CT molecular complexity index is 649. The van der Waals surface area contributed by atoms with Crippen molar-refractivity contribution in [2.75, 3.05) is 31.1 Å². The number of aromatic nitrogens is 1. The van der Waals surface area contributed by atoms with Crippen LogP contribution >= 0.6 is 11.6 Å². The molecule has 1 aromatic heterocycles. The lowest BCUT2D eigenvalue weighted by atomic mass is 10.1. The van der Waals surface area contributed by atoms with Crippen LogP contribution in [0.3, 0.4) is 0 Å². The molecule has 2 rings (SSSR count). The van der Waals surface area contributed by atoms with Gasteiger partial charge in [-0.1, -0.05) is 44.2 Å². The maximum absolute atomic E-state index is 12.7. The number of urea groups is 1. The molecule has 158 valence electrons. The fourth-order valence-electron chi connectivity index (χ4n) is 3.19. The minimum atomic E-state index is -4.47. The van der Waals surface area contributed by atoms with Crippen LogP contribution in [0.15, 0.2) is 12.3 Å². The summed E-state index contributed by atoms with van der Waals surface area (Å²) in [6.45, 7) is 6.04. The Labute approximate surface area is 169 Å². The molecule has 1 fully saturated rings. The molecule has 0 spiro atoms. The van der Waals surface area contributed by atoms with Crippen molar-refractivity contribution in [2.45, 2.75) is 58.2 Å². The Morgan fingerprint density at radius 1 is 1.25 bits per heavy atom. The van der Waals surface area contributed by atoms with E-state index in [2.05, 4.69) is 17.2 Å². The first kappa shape index (κ1) is 22.6. The molecule has 2 amide bonds. The van der Waals surface area contributed by atoms with E-state index < -0.39 is 11.7 Å². The number of piperazine rings is 1. The molecule has 1 aliphatic rings. The second-order valence-corrected chi connectivity index (χ2v) is 7.61. The normalized spacial score (nSPS) is 16.2. The monoisotopic (exact) mass is 420 g/mol. The predicted octanol–water partition coefficient (Wildman–Crippen LogP) is 4.94. The molecule has 28 heavy (non-hydrogen) atoms. The molecule has 0 unspecified atom stereocenters. The first-order valence-electron chi connectivity index (χ1n) is 9.75. The van der Waals surface area contributed by atoms with Gasteiger partial charge in [-0.25, -0.2) is 9.78 Å². The highest BCUT2D eigenvalue weighted by Gasteiger charge is 2.32. The minimum absolute atomic E-state index is 0.0339. The van der Waals surface area contributed by atoms with Crippen molar-refractivity contribution in [3.63, 3.8) is 0 Å². The highest BCUT2D eigenvalue weighted by Crippen LogP contribution is 2.33. The molecule has 1 saturated heterocycles. The van der Waals surface area contributed by atoms with Gasteiger partial charge in [0.05, 0.1) is 10.6 Å². The first-order valence-corrected chi connectivity index (χ1v) is 10.1. The van der Waals surface area contributed by atoms with E-state index >= 15 is 0 Å². The van der Waals surface area contributed by atoms with Gasteiger partial charge >= 0.3 is 12.2 Å². The second-order valence-electron chi connectivity index (χ2n) is 7.20. The van der Waals surface area contributed by atoms with Crippen LogP contribution in [0.4, 0.5) is 23.8 Å². The summed E-state index contributed by atoms with van der Waals surface area (Å²) in [5, 5.41) is 2.98. The molecule has 0 aliphatic carbocycles. The van der Waals surface area contributed by atoms with Crippen molar-refractivity contribution in [1.82, 2.24) is 15.2 Å². The Morgan fingerprint density at radius 2 is 1.93 bits per heavy atom. The lowest BCUT2D eigenvalue weighted by Crippen LogP contribution is -2.53. The number of carbonyl (C=O) groups is 1. The second kappa shape index (κ2) is 10.2. The predicted molar refractivity (Wildman–Crippen MR) is 105 cm³/mol. The van der Waals surface area contributed by atoms with E-state index in [4.69, 9.17) is 11.6 Å². The van der Waals surface area contributed by atoms with Gasteiger partial charge in [0.15, 0.2) is 0 Å². The zero-order valence-electron chi connectivity index (χ0n) is 16.4. The standard InChI is InChI=1S/C19H28ClF3N4O/c1-3-4-5-6-7-14(2)25-18(28)27-10-8-26(9-11-27)17-16(20)12-15(13-24-17)19(21,22)23/h12-14H,3-11H2,1-2H3,(H,25,28)/t14-/m0/s1.